The molecule has 16 heavy (non-hydrogen) atoms. The molecule has 1 amide bonds. The number of carbonyl (C=O) groups excluding carboxylic acids is 1. The lowest BCUT2D eigenvalue weighted by Crippen LogP contribution is -2.44. The summed E-state index contributed by atoms with van der Waals surface area (Å²) in [6, 6.07) is 5.94. The average molecular weight is 284 g/mol. The van der Waals surface area contributed by atoms with Crippen LogP contribution >= 0.6 is 15.9 Å². The number of nitrogens with zero attached hydrogens (tertiary/aromatic N) is 1. The number of hydrogen-bond acceptors (Lipinski definition) is 2. The van der Waals surface area contributed by atoms with Gasteiger partial charge in [0.05, 0.1) is 5.69 Å². The molecule has 0 aliphatic carbocycles. The summed E-state index contributed by atoms with van der Waals surface area (Å²) in [5.41, 5.74) is 0.861. The highest BCUT2D eigenvalue weighted by atomic mass is 79.9. The predicted octanol–water partition coefficient (Wildman–Crippen LogP) is 2.97. The Morgan fingerprint density at radius 1 is 1.56 bits per heavy atom. The summed E-state index contributed by atoms with van der Waals surface area (Å²) in [6.07, 6.45) is 0.928. The summed E-state index contributed by atoms with van der Waals surface area (Å²) in [6.45, 7) is 4.26. The Morgan fingerprint density at radius 2 is 2.31 bits per heavy atom. The third-order valence-corrected chi connectivity index (χ3v) is 3.33. The molecule has 4 heteroatoms. The lowest BCUT2D eigenvalue weighted by Gasteiger charge is -2.33. The van der Waals surface area contributed by atoms with Gasteiger partial charge in [0.2, 0.25) is 0 Å². The number of anilines is 1. The van der Waals surface area contributed by atoms with Crippen molar-refractivity contribution in [1.82, 2.24) is 0 Å². The molecule has 1 aromatic rings. The summed E-state index contributed by atoms with van der Waals surface area (Å²) in [7, 11) is 0. The van der Waals surface area contributed by atoms with Crippen LogP contribution in [0.2, 0.25) is 0 Å². The first-order valence-electron chi connectivity index (χ1n) is 5.38. The zero-order valence-corrected chi connectivity index (χ0v) is 11.0. The fourth-order valence-electron chi connectivity index (χ4n) is 1.81. The van der Waals surface area contributed by atoms with Gasteiger partial charge >= 0.3 is 0 Å². The Hall–Kier alpha value is -1.03. The summed E-state index contributed by atoms with van der Waals surface area (Å²) in [5.74, 6) is 0.808. The van der Waals surface area contributed by atoms with E-state index < -0.39 is 0 Å². The molecule has 3 nitrogen and oxygen atoms in total. The van der Waals surface area contributed by atoms with Crippen LogP contribution in [0.4, 0.5) is 5.69 Å². The third-order valence-electron chi connectivity index (χ3n) is 2.83. The first-order valence-corrected chi connectivity index (χ1v) is 6.17. The monoisotopic (exact) mass is 283 g/mol. The van der Waals surface area contributed by atoms with E-state index in [1.54, 1.807) is 0 Å². The van der Waals surface area contributed by atoms with E-state index in [2.05, 4.69) is 22.9 Å². The molecule has 0 saturated carbocycles. The largest absolute Gasteiger partial charge is 0.482 e. The van der Waals surface area contributed by atoms with E-state index in [0.29, 0.717) is 0 Å². The van der Waals surface area contributed by atoms with E-state index in [4.69, 9.17) is 4.74 Å². The van der Waals surface area contributed by atoms with Crippen molar-refractivity contribution in [2.45, 2.75) is 26.3 Å². The minimum Gasteiger partial charge on any atom is -0.482 e. The van der Waals surface area contributed by atoms with Crippen LogP contribution in [0.5, 0.6) is 5.75 Å². The van der Waals surface area contributed by atoms with Gasteiger partial charge in [-0.15, -0.1) is 0 Å². The van der Waals surface area contributed by atoms with E-state index >= 15 is 0 Å². The maximum Gasteiger partial charge on any atom is 0.265 e. The number of ether oxygens (including phenoxy) is 1. The first kappa shape index (κ1) is 11.5. The van der Waals surface area contributed by atoms with Gasteiger partial charge < -0.3 is 9.64 Å². The Kier molecular flexibility index (Phi) is 3.19. The van der Waals surface area contributed by atoms with Crippen LogP contribution in [0.1, 0.15) is 20.3 Å². The number of fused-ring (bicyclic) bond motifs is 1. The first-order chi connectivity index (χ1) is 7.63. The lowest BCUT2D eigenvalue weighted by atomic mass is 10.1. The number of carbonyl (C=O) groups is 1. The Balaban J connectivity index is 2.46. The molecular weight excluding hydrogens is 270 g/mol. The van der Waals surface area contributed by atoms with Crippen molar-refractivity contribution in [3.05, 3.63) is 22.7 Å². The zero-order valence-electron chi connectivity index (χ0n) is 9.37. The zero-order chi connectivity index (χ0) is 11.7. The highest BCUT2D eigenvalue weighted by Crippen LogP contribution is 2.35. The third kappa shape index (κ3) is 1.94. The number of rotatable bonds is 2. The standard InChI is InChI=1S/C12H14BrNO2/c1-3-8(2)14-10-6-9(13)4-5-11(10)16-7-12(14)15/h4-6,8H,3,7H2,1-2H3. The molecule has 1 aliphatic rings. The second kappa shape index (κ2) is 4.45. The molecule has 1 aliphatic heterocycles. The maximum absolute atomic E-state index is 11.9. The SMILES string of the molecule is CCC(C)N1C(=O)COc2ccc(Br)cc21. The second-order valence-electron chi connectivity index (χ2n) is 3.92. The van der Waals surface area contributed by atoms with Crippen molar-refractivity contribution in [2.24, 2.45) is 0 Å². The van der Waals surface area contributed by atoms with Crippen molar-refractivity contribution >= 4 is 27.5 Å². The van der Waals surface area contributed by atoms with Crippen molar-refractivity contribution in [1.29, 1.82) is 0 Å². The number of hydrogen-bond donors (Lipinski definition) is 0. The molecule has 86 valence electrons. The van der Waals surface area contributed by atoms with Gasteiger partial charge in [-0.3, -0.25) is 4.79 Å². The van der Waals surface area contributed by atoms with Gasteiger partial charge in [-0.1, -0.05) is 22.9 Å². The van der Waals surface area contributed by atoms with E-state index in [1.807, 2.05) is 30.0 Å². The van der Waals surface area contributed by atoms with E-state index in [9.17, 15) is 4.79 Å². The van der Waals surface area contributed by atoms with E-state index in [0.717, 1.165) is 22.3 Å². The molecule has 1 aromatic carbocycles. The summed E-state index contributed by atoms with van der Waals surface area (Å²) >= 11 is 3.42. The van der Waals surface area contributed by atoms with Gasteiger partial charge in [0.15, 0.2) is 6.61 Å². The normalized spacial score (nSPS) is 16.7. The molecule has 0 spiro atoms. The van der Waals surface area contributed by atoms with Crippen LogP contribution in [-0.4, -0.2) is 18.6 Å². The molecular formula is C12H14BrNO2. The van der Waals surface area contributed by atoms with E-state index in [1.165, 1.54) is 0 Å². The Labute approximate surface area is 104 Å². The van der Waals surface area contributed by atoms with Crippen LogP contribution in [0.15, 0.2) is 22.7 Å². The number of amides is 1. The highest BCUT2D eigenvalue weighted by Gasteiger charge is 2.28. The van der Waals surface area contributed by atoms with Gasteiger partial charge in [0.25, 0.3) is 5.91 Å². The van der Waals surface area contributed by atoms with Gasteiger partial charge in [-0.05, 0) is 31.5 Å². The quantitative estimate of drug-likeness (QED) is 0.835. The molecule has 1 atom stereocenters. The molecule has 0 N–H and O–H groups in total. The average Bonchev–Trinajstić information content (AvgIpc) is 2.28. The number of halogens is 1. The minimum absolute atomic E-state index is 0.0277. The Morgan fingerprint density at radius 3 is 3.00 bits per heavy atom. The van der Waals surface area contributed by atoms with Gasteiger partial charge in [0, 0.05) is 10.5 Å². The molecule has 0 saturated heterocycles. The van der Waals surface area contributed by atoms with Crippen LogP contribution in [0, 0.1) is 0 Å². The topological polar surface area (TPSA) is 29.5 Å². The fraction of sp³-hybridized carbons (Fsp3) is 0.417. The second-order valence-corrected chi connectivity index (χ2v) is 4.84. The summed E-state index contributed by atoms with van der Waals surface area (Å²) < 4.78 is 6.36. The number of benzene rings is 1. The van der Waals surface area contributed by atoms with Crippen molar-refractivity contribution in [2.75, 3.05) is 11.5 Å². The maximum atomic E-state index is 11.9. The molecule has 2 rings (SSSR count). The fourth-order valence-corrected chi connectivity index (χ4v) is 2.16. The smallest absolute Gasteiger partial charge is 0.265 e. The molecule has 1 heterocycles. The highest BCUT2D eigenvalue weighted by molar-refractivity contribution is 9.10. The van der Waals surface area contributed by atoms with Gasteiger partial charge in [-0.25, -0.2) is 0 Å². The van der Waals surface area contributed by atoms with Crippen LogP contribution in [0.3, 0.4) is 0 Å². The lowest BCUT2D eigenvalue weighted by molar-refractivity contribution is -0.121. The minimum atomic E-state index is 0.0277. The summed E-state index contributed by atoms with van der Waals surface area (Å²) in [4.78, 5) is 13.7. The summed E-state index contributed by atoms with van der Waals surface area (Å²) in [5, 5.41) is 0. The van der Waals surface area contributed by atoms with Crippen LogP contribution in [-0.2, 0) is 4.79 Å². The predicted molar refractivity (Wildman–Crippen MR) is 66.9 cm³/mol. The van der Waals surface area contributed by atoms with Gasteiger partial charge in [-0.2, -0.15) is 0 Å². The molecule has 0 bridgehead atoms. The van der Waals surface area contributed by atoms with Crippen LogP contribution in [0.25, 0.3) is 0 Å². The van der Waals surface area contributed by atoms with E-state index in [-0.39, 0.29) is 18.6 Å². The molecule has 0 fully saturated rings. The molecule has 0 radical (unpaired) electrons. The van der Waals surface area contributed by atoms with Crippen molar-refractivity contribution < 1.29 is 9.53 Å². The Bertz CT molecular complexity index is 419. The van der Waals surface area contributed by atoms with Crippen molar-refractivity contribution in [3.63, 3.8) is 0 Å². The van der Waals surface area contributed by atoms with Gasteiger partial charge in [0.1, 0.15) is 5.75 Å². The molecule has 0 aromatic heterocycles. The van der Waals surface area contributed by atoms with Crippen LogP contribution < -0.4 is 9.64 Å². The van der Waals surface area contributed by atoms with Crippen molar-refractivity contribution in [3.8, 4) is 5.75 Å². The molecule has 1 unspecified atom stereocenters.